The molecule has 0 radical (unpaired) electrons. The summed E-state index contributed by atoms with van der Waals surface area (Å²) in [6.07, 6.45) is 0.722. The summed E-state index contributed by atoms with van der Waals surface area (Å²) >= 11 is 2.73. The van der Waals surface area contributed by atoms with Crippen LogP contribution in [0.1, 0.15) is 22.8 Å². The number of rotatable bonds is 6. The molecule has 9 nitrogen and oxygen atoms in total. The van der Waals surface area contributed by atoms with Crippen molar-refractivity contribution in [3.05, 3.63) is 98.7 Å². The Hall–Kier alpha value is -4.42. The predicted molar refractivity (Wildman–Crippen MR) is 166 cm³/mol. The van der Waals surface area contributed by atoms with Gasteiger partial charge in [0.2, 0.25) is 11.8 Å². The van der Waals surface area contributed by atoms with Gasteiger partial charge in [0.15, 0.2) is 6.61 Å². The number of hydrogen-bond donors (Lipinski definition) is 3. The second-order valence-electron chi connectivity index (χ2n) is 11.9. The van der Waals surface area contributed by atoms with E-state index in [4.69, 9.17) is 4.74 Å². The van der Waals surface area contributed by atoms with E-state index in [9.17, 15) is 28.7 Å². The lowest BCUT2D eigenvalue weighted by molar-refractivity contribution is -0.123. The summed E-state index contributed by atoms with van der Waals surface area (Å²) in [5, 5.41) is 13.0. The Balaban J connectivity index is 1.12. The number of hydrogen-bond acceptors (Lipinski definition) is 8. The number of aromatic nitrogens is 1. The van der Waals surface area contributed by atoms with Gasteiger partial charge in [-0.1, -0.05) is 29.5 Å². The van der Waals surface area contributed by atoms with Crippen LogP contribution in [-0.2, 0) is 14.4 Å². The maximum Gasteiger partial charge on any atom is 0.305 e. The highest BCUT2D eigenvalue weighted by atomic mass is 32.2. The Labute approximate surface area is 264 Å². The van der Waals surface area contributed by atoms with E-state index in [1.807, 2.05) is 18.2 Å². The molecule has 3 amide bonds. The fourth-order valence-electron chi connectivity index (χ4n) is 7.96. The molecule has 3 heterocycles. The van der Waals surface area contributed by atoms with Crippen LogP contribution in [0.4, 0.5) is 15.8 Å². The first kappa shape index (κ1) is 28.1. The predicted octanol–water partition coefficient (Wildman–Crippen LogP) is 4.98. The number of nitrogens with zero attached hydrogens (tertiary/aromatic N) is 1. The number of carbonyl (C=O) groups is 3. The maximum absolute atomic E-state index is 13.9. The Morgan fingerprint density at radius 3 is 2.44 bits per heavy atom. The highest BCUT2D eigenvalue weighted by Gasteiger charge is 2.69. The van der Waals surface area contributed by atoms with E-state index in [1.54, 1.807) is 30.0 Å². The summed E-state index contributed by atoms with van der Waals surface area (Å²) in [5.41, 5.74) is 1.71. The number of halogens is 1. The van der Waals surface area contributed by atoms with Crippen LogP contribution in [-0.4, -0.2) is 39.7 Å². The first-order valence-electron chi connectivity index (χ1n) is 14.6. The fourth-order valence-corrected chi connectivity index (χ4v) is 10.8. The summed E-state index contributed by atoms with van der Waals surface area (Å²) in [6, 6.07) is 19.0. The number of amides is 3. The van der Waals surface area contributed by atoms with Gasteiger partial charge < -0.3 is 20.1 Å². The van der Waals surface area contributed by atoms with E-state index in [-0.39, 0.29) is 63.9 Å². The molecule has 0 spiro atoms. The Morgan fingerprint density at radius 2 is 1.69 bits per heavy atom. The van der Waals surface area contributed by atoms with Crippen molar-refractivity contribution in [3.63, 3.8) is 0 Å². The number of carbonyl (C=O) groups excluding carboxylic acids is 3. The topological polar surface area (TPSA) is 129 Å². The van der Waals surface area contributed by atoms with Crippen molar-refractivity contribution in [2.24, 2.45) is 29.6 Å². The van der Waals surface area contributed by atoms with Gasteiger partial charge in [0.25, 0.3) is 5.91 Å². The largest absolute Gasteiger partial charge is 0.508 e. The van der Waals surface area contributed by atoms with E-state index in [1.165, 1.54) is 41.3 Å². The van der Waals surface area contributed by atoms with E-state index in [2.05, 4.69) is 10.3 Å². The van der Waals surface area contributed by atoms with Crippen molar-refractivity contribution >= 4 is 52.2 Å². The molecule has 2 saturated carbocycles. The van der Waals surface area contributed by atoms with Gasteiger partial charge in [-0.2, -0.15) is 0 Å². The van der Waals surface area contributed by atoms with Crippen molar-refractivity contribution in [2.45, 2.75) is 22.6 Å². The van der Waals surface area contributed by atoms with Gasteiger partial charge in [-0.3, -0.25) is 24.1 Å². The smallest absolute Gasteiger partial charge is 0.305 e. The average molecular weight is 644 g/mol. The Morgan fingerprint density at radius 1 is 0.978 bits per heavy atom. The molecule has 3 aromatic carbocycles. The zero-order valence-corrected chi connectivity index (χ0v) is 25.1. The average Bonchev–Trinajstić information content (AvgIpc) is 3.77. The number of nitrogens with one attached hydrogen (secondary N) is 2. The third kappa shape index (κ3) is 4.49. The zero-order valence-electron chi connectivity index (χ0n) is 23.5. The number of phenols is 1. The molecular weight excluding hydrogens is 618 g/mol. The molecule has 1 aromatic heterocycles. The van der Waals surface area contributed by atoms with Crippen LogP contribution >= 0.6 is 23.1 Å². The van der Waals surface area contributed by atoms with Crippen LogP contribution < -0.4 is 19.8 Å². The molecule has 1 saturated heterocycles. The number of benzene rings is 3. The number of thioether (sulfide) groups is 1. The molecular formula is C33H26FN3O6S2. The minimum absolute atomic E-state index is 0.0187. The molecule has 2 aliphatic carbocycles. The second kappa shape index (κ2) is 10.6. The monoisotopic (exact) mass is 643 g/mol. The van der Waals surface area contributed by atoms with Crippen molar-refractivity contribution in [1.29, 1.82) is 0 Å². The Kier molecular flexibility index (Phi) is 6.61. The molecule has 12 heteroatoms. The number of aromatic hydroxyl groups is 1. The van der Waals surface area contributed by atoms with Gasteiger partial charge in [-0.25, -0.2) is 4.39 Å². The van der Waals surface area contributed by atoms with Gasteiger partial charge in [-0.05, 0) is 78.8 Å². The summed E-state index contributed by atoms with van der Waals surface area (Å²) in [5.74, 6) is -2.22. The zero-order chi connectivity index (χ0) is 31.0. The Bertz CT molecular complexity index is 1910. The first-order chi connectivity index (χ1) is 21.8. The number of imide groups is 1. The molecule has 4 aromatic rings. The lowest BCUT2D eigenvalue weighted by atomic mass is 9.68. The highest BCUT2D eigenvalue weighted by molar-refractivity contribution is 8.00. The third-order valence-electron chi connectivity index (χ3n) is 9.57. The van der Waals surface area contributed by atoms with Crippen LogP contribution in [0.25, 0.3) is 0 Å². The number of anilines is 2. The minimum atomic E-state index is -0.502. The number of aromatic amines is 1. The molecule has 4 aliphatic rings. The second-order valence-corrected chi connectivity index (χ2v) is 14.1. The number of ether oxygens (including phenoxy) is 1. The number of para-hydroxylation sites is 1. The first-order valence-corrected chi connectivity index (χ1v) is 16.3. The van der Waals surface area contributed by atoms with Gasteiger partial charge in [0.05, 0.1) is 22.5 Å². The number of phenolic OH excluding ortho intramolecular Hbond substituents is 1. The summed E-state index contributed by atoms with van der Waals surface area (Å²) < 4.78 is 19.7. The number of thiazole rings is 1. The van der Waals surface area contributed by atoms with Crippen LogP contribution in [0.5, 0.6) is 11.5 Å². The number of H-pyrrole nitrogens is 1. The minimum Gasteiger partial charge on any atom is -0.508 e. The quantitative estimate of drug-likeness (QED) is 0.200. The van der Waals surface area contributed by atoms with Crippen molar-refractivity contribution in [2.75, 3.05) is 16.8 Å². The number of fused-ring (bicyclic) bond motifs is 9. The van der Waals surface area contributed by atoms with Crippen molar-refractivity contribution < 1.29 is 28.6 Å². The molecule has 3 fully saturated rings. The molecule has 4 unspecified atom stereocenters. The van der Waals surface area contributed by atoms with Crippen LogP contribution in [0.3, 0.4) is 0 Å². The molecule has 8 rings (SSSR count). The molecule has 2 aliphatic heterocycles. The van der Waals surface area contributed by atoms with E-state index >= 15 is 0 Å². The van der Waals surface area contributed by atoms with Crippen LogP contribution in [0.2, 0.25) is 0 Å². The summed E-state index contributed by atoms with van der Waals surface area (Å²) in [4.78, 5) is 58.0. The summed E-state index contributed by atoms with van der Waals surface area (Å²) in [6.45, 7) is -0.264. The van der Waals surface area contributed by atoms with E-state index in [0.717, 1.165) is 33.2 Å². The van der Waals surface area contributed by atoms with E-state index in [0.29, 0.717) is 17.1 Å². The van der Waals surface area contributed by atoms with E-state index < -0.39 is 17.7 Å². The molecule has 228 valence electrons. The fraction of sp³-hybridized carbons (Fsp3) is 0.273. The normalized spacial score (nSPS) is 27.7. The van der Waals surface area contributed by atoms with Gasteiger partial charge in [-0.15, -0.1) is 11.8 Å². The lowest BCUT2D eigenvalue weighted by Crippen LogP contribution is -2.42. The SMILES string of the molecule is O=C(COc1ccccc1[C@H]1c2sc(=O)[nH]c2SC2C1[C@H]1C[C@@H]2C2C(=O)N(c3ccc(F)cc3)C(=O)C21)Nc1ccc(O)cc1. The molecule has 3 N–H and O–H groups in total. The van der Waals surface area contributed by atoms with Crippen LogP contribution in [0, 0.1) is 35.4 Å². The third-order valence-corrected chi connectivity index (χ3v) is 12.2. The van der Waals surface area contributed by atoms with Gasteiger partial charge in [0.1, 0.15) is 17.3 Å². The highest BCUT2D eigenvalue weighted by Crippen LogP contribution is 2.69. The molecule has 45 heavy (non-hydrogen) atoms. The van der Waals surface area contributed by atoms with Crippen LogP contribution in [0.15, 0.2) is 82.6 Å². The molecule has 2 bridgehead atoms. The lowest BCUT2D eigenvalue weighted by Gasteiger charge is -2.43. The van der Waals surface area contributed by atoms with Gasteiger partial charge >= 0.3 is 4.87 Å². The maximum atomic E-state index is 13.9. The van der Waals surface area contributed by atoms with Gasteiger partial charge in [0, 0.05) is 27.3 Å². The van der Waals surface area contributed by atoms with Crippen molar-refractivity contribution in [1.82, 2.24) is 4.98 Å². The molecule has 7 atom stereocenters. The summed E-state index contributed by atoms with van der Waals surface area (Å²) in [7, 11) is 0. The standard InChI is InChI=1S/C33H26FN3O6S2/c34-15-5-9-17(10-6-15)37-31(40)26-20-13-21(27(26)32(37)41)28-25(20)24(29-30(44-28)36-33(42)45-29)19-3-1-2-4-22(19)43-14-23(39)35-16-7-11-18(38)12-8-16/h1-12,20-21,24-28,38H,13-14H2,(H,35,39)(H,36,42)/t20-,21-,24-,25?,26?,27?,28?/m1/s1. The van der Waals surface area contributed by atoms with Crippen molar-refractivity contribution in [3.8, 4) is 11.5 Å².